The fraction of sp³-hybridized carbons (Fsp3) is 0.643. The predicted octanol–water partition coefficient (Wildman–Crippen LogP) is 2.95. The van der Waals surface area contributed by atoms with E-state index in [0.29, 0.717) is 17.5 Å². The van der Waals surface area contributed by atoms with Gasteiger partial charge in [0, 0.05) is 5.56 Å². The van der Waals surface area contributed by atoms with Crippen LogP contribution >= 0.6 is 0 Å². The Balaban J connectivity index is 2.32. The molecule has 0 spiro atoms. The number of anilines is 1. The molecule has 19 heavy (non-hydrogen) atoms. The summed E-state index contributed by atoms with van der Waals surface area (Å²) in [6.45, 7) is 6.51. The van der Waals surface area contributed by atoms with E-state index in [0.717, 1.165) is 24.1 Å². The molecule has 5 heteroatoms. The molecule has 5 nitrogen and oxygen atoms in total. The zero-order valence-corrected chi connectivity index (χ0v) is 12.1. The average molecular weight is 261 g/mol. The summed E-state index contributed by atoms with van der Waals surface area (Å²) in [5.41, 5.74) is 8.44. The van der Waals surface area contributed by atoms with Crippen molar-refractivity contribution in [3.63, 3.8) is 0 Å². The molecule has 0 fully saturated rings. The lowest BCUT2D eigenvalue weighted by atomic mass is 9.99. The fourth-order valence-electron chi connectivity index (χ4n) is 2.38. The minimum Gasteiger partial charge on any atom is -0.383 e. The molecular weight excluding hydrogens is 238 g/mol. The predicted molar refractivity (Wildman–Crippen MR) is 77.1 cm³/mol. The Kier molecular flexibility index (Phi) is 4.35. The number of nitrogen functional groups attached to an aromatic ring is 1. The van der Waals surface area contributed by atoms with Crippen molar-refractivity contribution in [2.45, 2.75) is 58.8 Å². The van der Waals surface area contributed by atoms with Crippen molar-refractivity contribution in [1.82, 2.24) is 19.6 Å². The first kappa shape index (κ1) is 13.8. The maximum atomic E-state index is 6.24. The van der Waals surface area contributed by atoms with Gasteiger partial charge in [-0.2, -0.15) is 14.6 Å². The van der Waals surface area contributed by atoms with Gasteiger partial charge in [0.15, 0.2) is 0 Å². The highest BCUT2D eigenvalue weighted by atomic mass is 15.3. The van der Waals surface area contributed by atoms with Gasteiger partial charge in [0.1, 0.15) is 12.1 Å². The number of nitrogens with zero attached hydrogens (tertiary/aromatic N) is 4. The summed E-state index contributed by atoms with van der Waals surface area (Å²) >= 11 is 0. The first-order chi connectivity index (χ1) is 9.15. The Hall–Kier alpha value is -1.65. The number of hydrogen-bond acceptors (Lipinski definition) is 4. The molecule has 2 N–H and O–H groups in total. The van der Waals surface area contributed by atoms with Crippen LogP contribution in [0.25, 0.3) is 5.78 Å². The van der Waals surface area contributed by atoms with E-state index >= 15 is 0 Å². The number of fused-ring (bicyclic) bond motifs is 1. The third kappa shape index (κ3) is 2.85. The lowest BCUT2D eigenvalue weighted by Gasteiger charge is -2.14. The van der Waals surface area contributed by atoms with Crippen molar-refractivity contribution >= 4 is 11.6 Å². The van der Waals surface area contributed by atoms with E-state index in [1.54, 1.807) is 4.52 Å². The quantitative estimate of drug-likeness (QED) is 0.812. The first-order valence-electron chi connectivity index (χ1n) is 7.13. The maximum Gasteiger partial charge on any atom is 0.254 e. The van der Waals surface area contributed by atoms with Crippen LogP contribution in [0.1, 0.15) is 63.6 Å². The van der Waals surface area contributed by atoms with Gasteiger partial charge in [-0.1, -0.05) is 40.0 Å². The van der Waals surface area contributed by atoms with Crippen LogP contribution in [0, 0.1) is 0 Å². The Morgan fingerprint density at radius 3 is 2.74 bits per heavy atom. The highest BCUT2D eigenvalue weighted by molar-refractivity contribution is 5.50. The van der Waals surface area contributed by atoms with Crippen LogP contribution in [0.2, 0.25) is 0 Å². The number of unbranched alkanes of at least 4 members (excludes halogenated alkanes) is 3. The monoisotopic (exact) mass is 261 g/mol. The molecule has 2 aromatic heterocycles. The van der Waals surface area contributed by atoms with Gasteiger partial charge in [-0.3, -0.25) is 0 Å². The van der Waals surface area contributed by atoms with Gasteiger partial charge in [-0.15, -0.1) is 0 Å². The van der Waals surface area contributed by atoms with Crippen molar-refractivity contribution in [1.29, 1.82) is 0 Å². The molecule has 2 rings (SSSR count). The summed E-state index contributed by atoms with van der Waals surface area (Å²) in [6, 6.07) is 0. The van der Waals surface area contributed by atoms with E-state index in [9.17, 15) is 0 Å². The zero-order valence-electron chi connectivity index (χ0n) is 12.1. The second-order valence-corrected chi connectivity index (χ2v) is 5.30. The van der Waals surface area contributed by atoms with Crippen molar-refractivity contribution in [2.24, 2.45) is 0 Å². The van der Waals surface area contributed by atoms with Crippen LogP contribution in [0.3, 0.4) is 0 Å². The molecule has 0 aliphatic carbocycles. The second-order valence-electron chi connectivity index (χ2n) is 5.30. The zero-order chi connectivity index (χ0) is 13.8. The molecule has 2 aromatic rings. The minimum absolute atomic E-state index is 0.352. The molecule has 104 valence electrons. The fourth-order valence-corrected chi connectivity index (χ4v) is 2.38. The lowest BCUT2D eigenvalue weighted by molar-refractivity contribution is 0.656. The van der Waals surface area contributed by atoms with E-state index in [-0.39, 0.29) is 0 Å². The van der Waals surface area contributed by atoms with Crippen molar-refractivity contribution in [3.8, 4) is 0 Å². The molecule has 0 radical (unpaired) electrons. The summed E-state index contributed by atoms with van der Waals surface area (Å²) in [5.74, 6) is 1.64. The average Bonchev–Trinajstić information content (AvgIpc) is 2.84. The van der Waals surface area contributed by atoms with E-state index in [2.05, 4.69) is 35.8 Å². The molecule has 0 atom stereocenters. The highest BCUT2D eigenvalue weighted by Gasteiger charge is 2.16. The molecule has 0 amide bonds. The Bertz CT molecular complexity index is 544. The Morgan fingerprint density at radius 2 is 2.05 bits per heavy atom. The number of nitrogens with two attached hydrogens (primary N) is 1. The van der Waals surface area contributed by atoms with Crippen LogP contribution in [-0.4, -0.2) is 19.6 Å². The largest absolute Gasteiger partial charge is 0.383 e. The van der Waals surface area contributed by atoms with Crippen molar-refractivity contribution in [3.05, 3.63) is 17.6 Å². The lowest BCUT2D eigenvalue weighted by Crippen LogP contribution is -2.11. The maximum absolute atomic E-state index is 6.24. The standard InChI is InChI=1S/C14H23N5/c1-4-5-6-7-8-11-12(10(2)3)18-14-16-9-17-19(14)13(11)15/h9-10H,4-8,15H2,1-3H3. The van der Waals surface area contributed by atoms with E-state index in [1.165, 1.54) is 25.6 Å². The van der Waals surface area contributed by atoms with Crippen LogP contribution in [0.5, 0.6) is 0 Å². The number of rotatable bonds is 6. The first-order valence-corrected chi connectivity index (χ1v) is 7.13. The van der Waals surface area contributed by atoms with E-state index in [4.69, 9.17) is 5.73 Å². The van der Waals surface area contributed by atoms with E-state index in [1.807, 2.05) is 0 Å². The van der Waals surface area contributed by atoms with Gasteiger partial charge in [0.05, 0.1) is 5.69 Å². The van der Waals surface area contributed by atoms with E-state index < -0.39 is 0 Å². The molecule has 0 aliphatic heterocycles. The van der Waals surface area contributed by atoms with Crippen LogP contribution < -0.4 is 5.73 Å². The summed E-state index contributed by atoms with van der Waals surface area (Å²) in [7, 11) is 0. The SMILES string of the molecule is CCCCCCc1c(C(C)C)nc2ncnn2c1N. The molecule has 2 heterocycles. The third-order valence-electron chi connectivity index (χ3n) is 3.42. The molecule has 0 saturated heterocycles. The summed E-state index contributed by atoms with van der Waals surface area (Å²) in [5, 5.41) is 4.14. The third-order valence-corrected chi connectivity index (χ3v) is 3.42. The summed E-state index contributed by atoms with van der Waals surface area (Å²) < 4.78 is 1.64. The van der Waals surface area contributed by atoms with Gasteiger partial charge < -0.3 is 5.73 Å². The van der Waals surface area contributed by atoms with Crippen LogP contribution in [-0.2, 0) is 6.42 Å². The number of aromatic nitrogens is 4. The van der Waals surface area contributed by atoms with Gasteiger partial charge in [0.2, 0.25) is 0 Å². The molecular formula is C14H23N5. The van der Waals surface area contributed by atoms with Gasteiger partial charge in [-0.05, 0) is 18.8 Å². The Labute approximate surface area is 114 Å². The van der Waals surface area contributed by atoms with Gasteiger partial charge in [0.25, 0.3) is 5.78 Å². The number of hydrogen-bond donors (Lipinski definition) is 1. The molecule has 0 unspecified atom stereocenters. The topological polar surface area (TPSA) is 69.1 Å². The molecule has 0 aliphatic rings. The molecule has 0 aromatic carbocycles. The van der Waals surface area contributed by atoms with Gasteiger partial charge in [-0.25, -0.2) is 4.98 Å². The van der Waals surface area contributed by atoms with Crippen molar-refractivity contribution in [2.75, 3.05) is 5.73 Å². The normalized spacial score (nSPS) is 11.6. The summed E-state index contributed by atoms with van der Waals surface area (Å²) in [4.78, 5) is 8.74. The smallest absolute Gasteiger partial charge is 0.254 e. The summed E-state index contributed by atoms with van der Waals surface area (Å²) in [6.07, 6.45) is 7.39. The van der Waals surface area contributed by atoms with Crippen LogP contribution in [0.4, 0.5) is 5.82 Å². The van der Waals surface area contributed by atoms with Crippen molar-refractivity contribution < 1.29 is 0 Å². The molecule has 0 saturated carbocycles. The Morgan fingerprint density at radius 1 is 1.26 bits per heavy atom. The minimum atomic E-state index is 0.352. The van der Waals surface area contributed by atoms with Gasteiger partial charge >= 0.3 is 0 Å². The van der Waals surface area contributed by atoms with Crippen LogP contribution in [0.15, 0.2) is 6.33 Å². The highest BCUT2D eigenvalue weighted by Crippen LogP contribution is 2.25. The molecule has 0 bridgehead atoms. The second kappa shape index (κ2) is 5.99.